The molecule has 1 amide bonds. The highest BCUT2D eigenvalue weighted by Crippen LogP contribution is 2.36. The van der Waals surface area contributed by atoms with Gasteiger partial charge in [0.05, 0.1) is 0 Å². The van der Waals surface area contributed by atoms with Crippen LogP contribution in [0.1, 0.15) is 44.6 Å². The number of likely N-dealkylation sites (tertiary alicyclic amines) is 1. The molecule has 1 saturated carbocycles. The minimum atomic E-state index is -0.187. The Bertz CT molecular complexity index is 540. The predicted molar refractivity (Wildman–Crippen MR) is 91.0 cm³/mol. The van der Waals surface area contributed by atoms with Crippen LogP contribution in [0, 0.1) is 17.8 Å². The Kier molecular flexibility index (Phi) is 5.14. The second-order valence-electron chi connectivity index (χ2n) is 7.30. The zero-order valence-electron chi connectivity index (χ0n) is 14.0. The largest absolute Gasteiger partial charge is 0.342 e. The first-order valence-corrected chi connectivity index (χ1v) is 8.95. The average molecular weight is 313 g/mol. The van der Waals surface area contributed by atoms with Crippen molar-refractivity contribution in [1.82, 2.24) is 4.90 Å². The Morgan fingerprint density at radius 2 is 1.70 bits per heavy atom. The quantitative estimate of drug-likeness (QED) is 0.834. The van der Waals surface area contributed by atoms with Crippen LogP contribution in [0.5, 0.6) is 0 Å². The van der Waals surface area contributed by atoms with E-state index in [2.05, 4.69) is 0 Å². The number of amides is 1. The van der Waals surface area contributed by atoms with Crippen LogP contribution in [0.4, 0.5) is 0 Å². The molecule has 0 bridgehead atoms. The molecule has 0 N–H and O–H groups in total. The monoisotopic (exact) mass is 313 g/mol. The van der Waals surface area contributed by atoms with Crippen molar-refractivity contribution in [3.63, 3.8) is 0 Å². The summed E-state index contributed by atoms with van der Waals surface area (Å²) in [7, 11) is 0. The summed E-state index contributed by atoms with van der Waals surface area (Å²) in [4.78, 5) is 26.7. The van der Waals surface area contributed by atoms with Gasteiger partial charge in [-0.3, -0.25) is 9.59 Å². The number of ketones is 1. The van der Waals surface area contributed by atoms with Crippen molar-refractivity contribution in [1.29, 1.82) is 0 Å². The minimum absolute atomic E-state index is 0.124. The lowest BCUT2D eigenvalue weighted by Gasteiger charge is -2.22. The summed E-state index contributed by atoms with van der Waals surface area (Å²) in [6, 6.07) is 10.0. The van der Waals surface area contributed by atoms with Gasteiger partial charge in [0.2, 0.25) is 5.91 Å². The summed E-state index contributed by atoms with van der Waals surface area (Å²) < 4.78 is 0. The molecule has 0 unspecified atom stereocenters. The molecule has 2 fully saturated rings. The van der Waals surface area contributed by atoms with Gasteiger partial charge in [-0.05, 0) is 43.6 Å². The van der Waals surface area contributed by atoms with E-state index in [4.69, 9.17) is 0 Å². The number of hydrogen-bond donors (Lipinski definition) is 0. The minimum Gasteiger partial charge on any atom is -0.342 e. The van der Waals surface area contributed by atoms with E-state index < -0.39 is 0 Å². The van der Waals surface area contributed by atoms with Crippen molar-refractivity contribution in [3.05, 3.63) is 35.9 Å². The van der Waals surface area contributed by atoms with E-state index in [0.29, 0.717) is 24.7 Å². The third-order valence-corrected chi connectivity index (χ3v) is 5.65. The summed E-state index contributed by atoms with van der Waals surface area (Å²) in [6.07, 6.45) is 6.20. The molecule has 1 aliphatic carbocycles. The Hall–Kier alpha value is -1.64. The maximum atomic E-state index is 12.7. The lowest BCUT2D eigenvalue weighted by atomic mass is 9.82. The van der Waals surface area contributed by atoms with Gasteiger partial charge in [-0.25, -0.2) is 0 Å². The number of carbonyl (C=O) groups is 2. The van der Waals surface area contributed by atoms with Crippen molar-refractivity contribution in [2.45, 2.75) is 45.4 Å². The molecular formula is C20H27NO2. The lowest BCUT2D eigenvalue weighted by molar-refractivity contribution is -0.134. The van der Waals surface area contributed by atoms with Crippen LogP contribution in [-0.2, 0) is 16.0 Å². The molecular weight excluding hydrogens is 286 g/mol. The number of nitrogens with zero attached hydrogens (tertiary/aromatic N) is 1. The molecule has 3 rings (SSSR count). The van der Waals surface area contributed by atoms with Crippen molar-refractivity contribution >= 4 is 11.7 Å². The molecule has 0 spiro atoms. The first-order valence-electron chi connectivity index (χ1n) is 8.95. The van der Waals surface area contributed by atoms with Crippen molar-refractivity contribution < 1.29 is 9.59 Å². The van der Waals surface area contributed by atoms with Gasteiger partial charge in [-0.15, -0.1) is 0 Å². The maximum Gasteiger partial charge on any atom is 0.223 e. The molecule has 3 nitrogen and oxygen atoms in total. The third-order valence-electron chi connectivity index (χ3n) is 5.65. The van der Waals surface area contributed by atoms with Gasteiger partial charge < -0.3 is 4.90 Å². The van der Waals surface area contributed by atoms with E-state index in [1.54, 1.807) is 6.92 Å². The standard InChI is InChI=1S/C20H27NO2/c1-15(22)19(11-16-7-3-2-4-8-16)12-20(23)21-13-17-9-5-6-10-18(17)14-21/h2-4,7-8,17-19H,5-6,9-14H2,1H3/t17-,18+,19-/m0/s1. The first kappa shape index (κ1) is 16.2. The molecule has 23 heavy (non-hydrogen) atoms. The molecule has 1 aromatic rings. The Morgan fingerprint density at radius 3 is 2.26 bits per heavy atom. The second kappa shape index (κ2) is 7.29. The number of Topliss-reactive ketones (excluding diaryl/α,β-unsaturated/α-hetero) is 1. The summed E-state index contributed by atoms with van der Waals surface area (Å²) in [5.74, 6) is 1.53. The molecule has 1 heterocycles. The average Bonchev–Trinajstić information content (AvgIpc) is 2.99. The molecule has 1 saturated heterocycles. The molecule has 2 aliphatic rings. The SMILES string of the molecule is CC(=O)[C@H](CC(=O)N1C[C@H]2CCCC[C@H]2C1)Cc1ccccc1. The van der Waals surface area contributed by atoms with E-state index in [9.17, 15) is 9.59 Å². The molecule has 1 aromatic carbocycles. The summed E-state index contributed by atoms with van der Waals surface area (Å²) in [6.45, 7) is 3.45. The van der Waals surface area contributed by atoms with Crippen molar-refractivity contribution in [3.8, 4) is 0 Å². The van der Waals surface area contributed by atoms with Crippen LogP contribution in [0.3, 0.4) is 0 Å². The van der Waals surface area contributed by atoms with E-state index >= 15 is 0 Å². The zero-order valence-corrected chi connectivity index (χ0v) is 14.0. The normalized spacial score (nSPS) is 25.0. The highest BCUT2D eigenvalue weighted by molar-refractivity contribution is 5.86. The first-order chi connectivity index (χ1) is 11.1. The number of benzene rings is 1. The van der Waals surface area contributed by atoms with E-state index in [0.717, 1.165) is 18.7 Å². The Balaban J connectivity index is 1.59. The van der Waals surface area contributed by atoms with Gasteiger partial charge in [-0.2, -0.15) is 0 Å². The van der Waals surface area contributed by atoms with Crippen LogP contribution in [0.15, 0.2) is 30.3 Å². The predicted octanol–water partition coefficient (Wildman–Crippen LogP) is 3.47. The lowest BCUT2D eigenvalue weighted by Crippen LogP contribution is -2.32. The topological polar surface area (TPSA) is 37.4 Å². The van der Waals surface area contributed by atoms with Crippen LogP contribution in [0.25, 0.3) is 0 Å². The van der Waals surface area contributed by atoms with Gasteiger partial charge in [0, 0.05) is 25.4 Å². The fourth-order valence-electron chi connectivity index (χ4n) is 4.21. The van der Waals surface area contributed by atoms with E-state index in [-0.39, 0.29) is 17.6 Å². The zero-order chi connectivity index (χ0) is 16.2. The van der Waals surface area contributed by atoms with Gasteiger partial charge in [0.1, 0.15) is 5.78 Å². The van der Waals surface area contributed by atoms with Crippen LogP contribution in [0.2, 0.25) is 0 Å². The van der Waals surface area contributed by atoms with Crippen LogP contribution >= 0.6 is 0 Å². The summed E-state index contributed by atoms with van der Waals surface area (Å²) in [5.41, 5.74) is 1.13. The number of fused-ring (bicyclic) bond motifs is 1. The van der Waals surface area contributed by atoms with Crippen LogP contribution < -0.4 is 0 Å². The molecule has 3 atom stereocenters. The fraction of sp³-hybridized carbons (Fsp3) is 0.600. The highest BCUT2D eigenvalue weighted by Gasteiger charge is 2.37. The molecule has 1 aliphatic heterocycles. The van der Waals surface area contributed by atoms with Gasteiger partial charge in [0.15, 0.2) is 0 Å². The highest BCUT2D eigenvalue weighted by atomic mass is 16.2. The van der Waals surface area contributed by atoms with E-state index in [1.165, 1.54) is 25.7 Å². The maximum absolute atomic E-state index is 12.7. The molecule has 124 valence electrons. The van der Waals surface area contributed by atoms with Gasteiger partial charge in [0.25, 0.3) is 0 Å². The number of hydrogen-bond acceptors (Lipinski definition) is 2. The summed E-state index contributed by atoms with van der Waals surface area (Å²) in [5, 5.41) is 0. The Labute approximate surface area is 139 Å². The molecule has 0 aromatic heterocycles. The van der Waals surface area contributed by atoms with E-state index in [1.807, 2.05) is 35.2 Å². The van der Waals surface area contributed by atoms with Crippen molar-refractivity contribution in [2.75, 3.05) is 13.1 Å². The second-order valence-corrected chi connectivity index (χ2v) is 7.30. The molecule has 3 heteroatoms. The summed E-state index contributed by atoms with van der Waals surface area (Å²) >= 11 is 0. The smallest absolute Gasteiger partial charge is 0.223 e. The van der Waals surface area contributed by atoms with Crippen molar-refractivity contribution in [2.24, 2.45) is 17.8 Å². The van der Waals surface area contributed by atoms with Gasteiger partial charge in [-0.1, -0.05) is 43.2 Å². The number of carbonyl (C=O) groups excluding carboxylic acids is 2. The van der Waals surface area contributed by atoms with Gasteiger partial charge >= 0.3 is 0 Å². The fourth-order valence-corrected chi connectivity index (χ4v) is 4.21. The molecule has 0 radical (unpaired) electrons. The third kappa shape index (κ3) is 4.01. The number of rotatable bonds is 5. The van der Waals surface area contributed by atoms with Crippen LogP contribution in [-0.4, -0.2) is 29.7 Å². The Morgan fingerprint density at radius 1 is 1.09 bits per heavy atom.